The van der Waals surface area contributed by atoms with Crippen molar-refractivity contribution in [3.05, 3.63) is 71.4 Å². The predicted molar refractivity (Wildman–Crippen MR) is 111 cm³/mol. The van der Waals surface area contributed by atoms with Crippen LogP contribution in [0.4, 0.5) is 18.9 Å². The van der Waals surface area contributed by atoms with Gasteiger partial charge < -0.3 is 9.84 Å². The molecule has 3 heterocycles. The van der Waals surface area contributed by atoms with Crippen molar-refractivity contribution in [2.75, 3.05) is 11.5 Å². The summed E-state index contributed by atoms with van der Waals surface area (Å²) in [5.41, 5.74) is -1.31. The Balaban J connectivity index is 1.83. The Morgan fingerprint density at radius 2 is 1.91 bits per heavy atom. The number of rotatable bonds is 4. The van der Waals surface area contributed by atoms with E-state index >= 15 is 0 Å². The predicted octanol–water partition coefficient (Wildman–Crippen LogP) is 4.75. The smallest absolute Gasteiger partial charge is 0.282 e. The van der Waals surface area contributed by atoms with E-state index in [1.54, 1.807) is 12.1 Å². The van der Waals surface area contributed by atoms with Crippen LogP contribution < -0.4 is 4.90 Å². The van der Waals surface area contributed by atoms with Crippen molar-refractivity contribution in [2.24, 2.45) is 0 Å². The molecule has 1 fully saturated rings. The quantitative estimate of drug-likeness (QED) is 0.630. The van der Waals surface area contributed by atoms with E-state index in [-0.39, 0.29) is 0 Å². The molecule has 1 amide bonds. The van der Waals surface area contributed by atoms with Crippen LogP contribution in [-0.2, 0) is 4.74 Å². The van der Waals surface area contributed by atoms with Crippen LogP contribution in [0.25, 0.3) is 11.3 Å². The number of hydrogen-bond donors (Lipinski definition) is 1. The van der Waals surface area contributed by atoms with Gasteiger partial charge in [0, 0.05) is 18.9 Å². The highest BCUT2D eigenvalue weighted by molar-refractivity contribution is 6.07. The third-order valence-corrected chi connectivity index (χ3v) is 5.17. The average Bonchev–Trinajstić information content (AvgIpc) is 2.76. The molecule has 1 N–H and O–H groups in total. The van der Waals surface area contributed by atoms with Gasteiger partial charge >= 0.3 is 0 Å². The second-order valence-electron chi connectivity index (χ2n) is 7.50. The van der Waals surface area contributed by atoms with Crippen molar-refractivity contribution in [1.29, 1.82) is 0 Å². The zero-order valence-corrected chi connectivity index (χ0v) is 17.2. The lowest BCUT2D eigenvalue weighted by Crippen LogP contribution is -2.44. The first-order chi connectivity index (χ1) is 15.4. The second-order valence-corrected chi connectivity index (χ2v) is 7.50. The van der Waals surface area contributed by atoms with Gasteiger partial charge in [-0.2, -0.15) is 0 Å². The van der Waals surface area contributed by atoms with Crippen LogP contribution in [0.2, 0.25) is 0 Å². The van der Waals surface area contributed by atoms with E-state index in [9.17, 15) is 23.1 Å². The number of ether oxygens (including phenoxy) is 1. The summed E-state index contributed by atoms with van der Waals surface area (Å²) in [5, 5.41) is 10.3. The van der Waals surface area contributed by atoms with E-state index < -0.39 is 52.3 Å². The van der Waals surface area contributed by atoms with Gasteiger partial charge in [-0.15, -0.1) is 0 Å². The molecule has 4 rings (SSSR count). The molecule has 1 atom stereocenters. The lowest BCUT2D eigenvalue weighted by atomic mass is 10.1. The van der Waals surface area contributed by atoms with E-state index in [1.807, 2.05) is 0 Å². The third kappa shape index (κ3) is 4.16. The molecule has 1 unspecified atom stereocenters. The number of halogens is 3. The second kappa shape index (κ2) is 8.96. The first-order valence-electron chi connectivity index (χ1n) is 10.1. The number of aryl methyl sites for hydroxylation is 1. The number of carbonyl (C=O) groups is 1. The number of hydrogen-bond acceptors (Lipinski definition) is 5. The molecule has 3 aromatic rings. The molecule has 9 heteroatoms. The fourth-order valence-corrected chi connectivity index (χ4v) is 3.69. The summed E-state index contributed by atoms with van der Waals surface area (Å²) in [6.07, 6.45) is 4.48. The molecule has 2 aromatic heterocycles. The van der Waals surface area contributed by atoms with E-state index in [0.29, 0.717) is 30.3 Å². The standard InChI is InChI=1S/C23H20F3N3O3/c1-13-9-15(24)20(16(25)10-13)21-17(26)11-18(30)22(28-21)23(31)29(14-5-4-7-27-12-14)19-6-2-3-8-32-19/h4-5,7,9-12,19,30H,2-3,6,8H2,1H3. The maximum atomic E-state index is 14.6. The van der Waals surface area contributed by atoms with Crippen LogP contribution in [0.1, 0.15) is 35.3 Å². The molecule has 166 valence electrons. The van der Waals surface area contributed by atoms with Crippen LogP contribution in [-0.4, -0.2) is 33.8 Å². The summed E-state index contributed by atoms with van der Waals surface area (Å²) in [6, 6.07) is 5.94. The number of amides is 1. The molecule has 1 saturated heterocycles. The zero-order chi connectivity index (χ0) is 22.8. The Labute approximate surface area is 182 Å². The molecule has 1 aliphatic rings. The molecule has 32 heavy (non-hydrogen) atoms. The number of pyridine rings is 2. The number of anilines is 1. The van der Waals surface area contributed by atoms with Crippen LogP contribution in [0.15, 0.2) is 42.7 Å². The first kappa shape index (κ1) is 21.8. The van der Waals surface area contributed by atoms with Gasteiger partial charge in [0.1, 0.15) is 29.3 Å². The van der Waals surface area contributed by atoms with Crippen molar-refractivity contribution in [3.63, 3.8) is 0 Å². The first-order valence-corrected chi connectivity index (χ1v) is 10.1. The minimum Gasteiger partial charge on any atom is -0.505 e. The average molecular weight is 443 g/mol. The molecular formula is C23H20F3N3O3. The van der Waals surface area contributed by atoms with Crippen molar-refractivity contribution in [2.45, 2.75) is 32.4 Å². The maximum absolute atomic E-state index is 14.6. The van der Waals surface area contributed by atoms with Gasteiger partial charge in [0.25, 0.3) is 5.91 Å². The SMILES string of the molecule is Cc1cc(F)c(-c2nc(C(=O)N(c3cccnc3)C3CCCCO3)c(O)cc2F)c(F)c1. The van der Waals surface area contributed by atoms with E-state index in [2.05, 4.69) is 9.97 Å². The fourth-order valence-electron chi connectivity index (χ4n) is 3.69. The maximum Gasteiger partial charge on any atom is 0.282 e. The summed E-state index contributed by atoms with van der Waals surface area (Å²) in [6.45, 7) is 1.92. The van der Waals surface area contributed by atoms with Crippen molar-refractivity contribution < 1.29 is 27.8 Å². The van der Waals surface area contributed by atoms with Crippen molar-refractivity contribution in [1.82, 2.24) is 9.97 Å². The van der Waals surface area contributed by atoms with Gasteiger partial charge in [-0.25, -0.2) is 18.2 Å². The van der Waals surface area contributed by atoms with E-state index in [0.717, 1.165) is 25.0 Å². The lowest BCUT2D eigenvalue weighted by Gasteiger charge is -2.33. The van der Waals surface area contributed by atoms with Crippen LogP contribution >= 0.6 is 0 Å². The molecule has 0 spiro atoms. The van der Waals surface area contributed by atoms with Crippen LogP contribution in [0.3, 0.4) is 0 Å². The molecule has 1 aliphatic heterocycles. The topological polar surface area (TPSA) is 75.6 Å². The van der Waals surface area contributed by atoms with Gasteiger partial charge in [0.15, 0.2) is 11.5 Å². The van der Waals surface area contributed by atoms with Gasteiger partial charge in [-0.1, -0.05) is 0 Å². The van der Waals surface area contributed by atoms with Gasteiger partial charge in [0.05, 0.1) is 17.4 Å². The zero-order valence-electron chi connectivity index (χ0n) is 17.2. The molecular weight excluding hydrogens is 423 g/mol. The number of nitrogens with zero attached hydrogens (tertiary/aromatic N) is 3. The molecule has 0 bridgehead atoms. The number of benzene rings is 1. The minimum atomic E-state index is -1.16. The molecule has 1 aromatic carbocycles. The van der Waals surface area contributed by atoms with Gasteiger partial charge in [0.2, 0.25) is 0 Å². The Morgan fingerprint density at radius 1 is 1.16 bits per heavy atom. The summed E-state index contributed by atoms with van der Waals surface area (Å²) in [4.78, 5) is 22.6. The lowest BCUT2D eigenvalue weighted by molar-refractivity contribution is 0.0142. The molecule has 0 aliphatic carbocycles. The Hall–Kier alpha value is -3.46. The summed E-state index contributed by atoms with van der Waals surface area (Å²) in [7, 11) is 0. The molecule has 0 saturated carbocycles. The molecule has 0 radical (unpaired) electrons. The van der Waals surface area contributed by atoms with Gasteiger partial charge in [-0.05, 0) is 56.0 Å². The summed E-state index contributed by atoms with van der Waals surface area (Å²) >= 11 is 0. The highest BCUT2D eigenvalue weighted by Crippen LogP contribution is 2.33. The largest absolute Gasteiger partial charge is 0.505 e. The van der Waals surface area contributed by atoms with E-state index in [4.69, 9.17) is 4.74 Å². The Kier molecular flexibility index (Phi) is 6.09. The fraction of sp³-hybridized carbons (Fsp3) is 0.261. The van der Waals surface area contributed by atoms with Crippen LogP contribution in [0, 0.1) is 24.4 Å². The van der Waals surface area contributed by atoms with Crippen molar-refractivity contribution >= 4 is 11.6 Å². The van der Waals surface area contributed by atoms with Crippen LogP contribution in [0.5, 0.6) is 5.75 Å². The Bertz CT molecular complexity index is 1130. The van der Waals surface area contributed by atoms with Gasteiger partial charge in [-0.3, -0.25) is 14.7 Å². The Morgan fingerprint density at radius 3 is 2.53 bits per heavy atom. The highest BCUT2D eigenvalue weighted by atomic mass is 19.1. The normalized spacial score (nSPS) is 16.1. The third-order valence-electron chi connectivity index (χ3n) is 5.17. The number of carbonyl (C=O) groups excluding carboxylic acids is 1. The minimum absolute atomic E-state index is 0.302. The monoisotopic (exact) mass is 443 g/mol. The number of aromatic nitrogens is 2. The van der Waals surface area contributed by atoms with Crippen molar-refractivity contribution in [3.8, 4) is 17.0 Å². The summed E-state index contributed by atoms with van der Waals surface area (Å²) < 4.78 is 49.3. The highest BCUT2D eigenvalue weighted by Gasteiger charge is 2.32. The number of aromatic hydroxyl groups is 1. The molecule has 6 nitrogen and oxygen atoms in total. The summed E-state index contributed by atoms with van der Waals surface area (Å²) in [5.74, 6) is -4.79. The van der Waals surface area contributed by atoms with E-state index in [1.165, 1.54) is 24.2 Å².